The smallest absolute Gasteiger partial charge is 0.368 e. The molecule has 0 fully saturated rings. The Morgan fingerprint density at radius 1 is 1.32 bits per heavy atom. The van der Waals surface area contributed by atoms with Crippen LogP contribution in [0.2, 0.25) is 0 Å². The van der Waals surface area contributed by atoms with Gasteiger partial charge in [-0.15, -0.1) is 0 Å². The topological polar surface area (TPSA) is 63.8 Å². The summed E-state index contributed by atoms with van der Waals surface area (Å²) >= 11 is 1.53. The molecule has 3 N–H and O–H groups in total. The van der Waals surface area contributed by atoms with Crippen molar-refractivity contribution < 1.29 is 13.2 Å². The van der Waals surface area contributed by atoms with E-state index >= 15 is 0 Å². The molecule has 4 nitrogen and oxygen atoms in total. The van der Waals surface area contributed by atoms with Gasteiger partial charge in [0.15, 0.2) is 5.69 Å². The lowest BCUT2D eigenvalue weighted by Crippen LogP contribution is -2.13. The highest BCUT2D eigenvalue weighted by Gasteiger charge is 2.33. The van der Waals surface area contributed by atoms with Gasteiger partial charge in [-0.3, -0.25) is 0 Å². The minimum absolute atomic E-state index is 0.0606. The van der Waals surface area contributed by atoms with Crippen LogP contribution in [0.25, 0.3) is 0 Å². The van der Waals surface area contributed by atoms with E-state index < -0.39 is 17.8 Å². The molecule has 0 spiro atoms. The van der Waals surface area contributed by atoms with E-state index in [0.29, 0.717) is 6.54 Å². The number of alkyl halides is 3. The first-order valence-electron chi connectivity index (χ1n) is 5.33. The molecule has 2 aromatic rings. The number of hydrogen-bond donors (Lipinski definition) is 2. The average molecular weight is 288 g/mol. The van der Waals surface area contributed by atoms with E-state index in [4.69, 9.17) is 5.73 Å². The van der Waals surface area contributed by atoms with Crippen molar-refractivity contribution >= 4 is 23.1 Å². The lowest BCUT2D eigenvalue weighted by Gasteiger charge is -2.10. The number of thiophene rings is 1. The molecule has 2 aromatic heterocycles. The van der Waals surface area contributed by atoms with Crippen molar-refractivity contribution in [2.45, 2.75) is 19.6 Å². The van der Waals surface area contributed by atoms with Gasteiger partial charge in [0.1, 0.15) is 5.82 Å². The number of nitrogens with one attached hydrogen (secondary N) is 1. The van der Waals surface area contributed by atoms with Gasteiger partial charge >= 0.3 is 6.18 Å². The zero-order valence-corrected chi connectivity index (χ0v) is 10.8. The van der Waals surface area contributed by atoms with E-state index in [0.717, 1.165) is 17.2 Å². The van der Waals surface area contributed by atoms with Crippen LogP contribution in [0.1, 0.15) is 16.8 Å². The van der Waals surface area contributed by atoms with Crippen molar-refractivity contribution in [2.24, 2.45) is 0 Å². The monoisotopic (exact) mass is 288 g/mol. The number of aryl methyl sites for hydroxylation is 1. The van der Waals surface area contributed by atoms with Crippen molar-refractivity contribution in [3.8, 4) is 0 Å². The molecule has 0 atom stereocenters. The van der Waals surface area contributed by atoms with Crippen LogP contribution >= 0.6 is 11.3 Å². The molecule has 2 rings (SSSR count). The molecule has 19 heavy (non-hydrogen) atoms. The highest BCUT2D eigenvalue weighted by atomic mass is 32.1. The predicted molar refractivity (Wildman–Crippen MR) is 67.8 cm³/mol. The summed E-state index contributed by atoms with van der Waals surface area (Å²) in [7, 11) is 0. The quantitative estimate of drug-likeness (QED) is 0.911. The minimum atomic E-state index is -4.54. The highest BCUT2D eigenvalue weighted by Crippen LogP contribution is 2.29. The Morgan fingerprint density at radius 3 is 2.63 bits per heavy atom. The standard InChI is InChI=1S/C11H11F3N4S/c1-6-4-19-5-7(6)3-16-9-2-8(11(12,13)14)17-10(15)18-9/h2,4-5H,3H2,1H3,(H3,15,16,17,18). The summed E-state index contributed by atoms with van der Waals surface area (Å²) in [5.74, 6) is -0.343. The molecule has 2 heterocycles. The minimum Gasteiger partial charge on any atom is -0.368 e. The molecule has 0 saturated heterocycles. The summed E-state index contributed by atoms with van der Waals surface area (Å²) in [6.07, 6.45) is -4.54. The molecule has 0 aliphatic carbocycles. The SMILES string of the molecule is Cc1cscc1CNc1cc(C(F)(F)F)nc(N)n1. The number of hydrogen-bond acceptors (Lipinski definition) is 5. The predicted octanol–water partition coefficient (Wildman–Crippen LogP) is 3.06. The number of halogens is 3. The van der Waals surface area contributed by atoms with Gasteiger partial charge in [0.25, 0.3) is 0 Å². The third-order valence-electron chi connectivity index (χ3n) is 2.46. The van der Waals surface area contributed by atoms with Gasteiger partial charge in [0.2, 0.25) is 5.95 Å². The lowest BCUT2D eigenvalue weighted by molar-refractivity contribution is -0.141. The fourth-order valence-corrected chi connectivity index (χ4v) is 2.31. The van der Waals surface area contributed by atoms with E-state index in [-0.39, 0.29) is 5.82 Å². The van der Waals surface area contributed by atoms with Crippen molar-refractivity contribution in [2.75, 3.05) is 11.1 Å². The molecule has 0 aliphatic heterocycles. The van der Waals surface area contributed by atoms with Crippen LogP contribution in [-0.2, 0) is 12.7 Å². The summed E-state index contributed by atoms with van der Waals surface area (Å²) in [4.78, 5) is 6.91. The van der Waals surface area contributed by atoms with Crippen LogP contribution in [0.5, 0.6) is 0 Å². The molecular weight excluding hydrogens is 277 g/mol. The van der Waals surface area contributed by atoms with Crippen LogP contribution in [0.3, 0.4) is 0 Å². The fraction of sp³-hybridized carbons (Fsp3) is 0.273. The summed E-state index contributed by atoms with van der Waals surface area (Å²) in [6.45, 7) is 2.33. The maximum Gasteiger partial charge on any atom is 0.433 e. The average Bonchev–Trinajstić information content (AvgIpc) is 2.70. The first-order valence-corrected chi connectivity index (χ1v) is 6.28. The van der Waals surface area contributed by atoms with Crippen LogP contribution in [0.15, 0.2) is 16.8 Å². The van der Waals surface area contributed by atoms with Gasteiger partial charge < -0.3 is 11.1 Å². The van der Waals surface area contributed by atoms with Crippen LogP contribution < -0.4 is 11.1 Å². The van der Waals surface area contributed by atoms with Gasteiger partial charge in [-0.1, -0.05) is 0 Å². The first kappa shape index (κ1) is 13.6. The molecule has 0 bridgehead atoms. The number of anilines is 2. The van der Waals surface area contributed by atoms with Gasteiger partial charge in [-0.2, -0.15) is 29.5 Å². The summed E-state index contributed by atoms with van der Waals surface area (Å²) in [6, 6.07) is 0.845. The number of nitrogens with two attached hydrogens (primary N) is 1. The van der Waals surface area contributed by atoms with Gasteiger partial charge in [-0.05, 0) is 28.8 Å². The largest absolute Gasteiger partial charge is 0.433 e. The molecule has 0 aromatic carbocycles. The summed E-state index contributed by atoms with van der Waals surface area (Å²) in [5.41, 5.74) is 6.31. The Balaban J connectivity index is 2.17. The Bertz CT molecular complexity index is 580. The van der Waals surface area contributed by atoms with Crippen LogP contribution in [-0.4, -0.2) is 9.97 Å². The maximum absolute atomic E-state index is 12.6. The highest BCUT2D eigenvalue weighted by molar-refractivity contribution is 7.08. The third kappa shape index (κ3) is 3.34. The van der Waals surface area contributed by atoms with Crippen molar-refractivity contribution in [1.29, 1.82) is 0 Å². The second-order valence-corrected chi connectivity index (χ2v) is 4.67. The summed E-state index contributed by atoms with van der Waals surface area (Å²) in [5, 5.41) is 6.71. The molecule has 0 radical (unpaired) electrons. The third-order valence-corrected chi connectivity index (χ3v) is 3.37. The van der Waals surface area contributed by atoms with E-state index in [1.54, 1.807) is 0 Å². The number of rotatable bonds is 3. The Labute approximate surface area is 111 Å². The van der Waals surface area contributed by atoms with E-state index in [1.807, 2.05) is 17.7 Å². The second-order valence-electron chi connectivity index (χ2n) is 3.93. The van der Waals surface area contributed by atoms with Crippen LogP contribution in [0.4, 0.5) is 24.9 Å². The van der Waals surface area contributed by atoms with Crippen molar-refractivity contribution in [3.05, 3.63) is 33.6 Å². The molecule has 102 valence electrons. The number of aromatic nitrogens is 2. The molecule has 0 saturated carbocycles. The fourth-order valence-electron chi connectivity index (χ4n) is 1.46. The Morgan fingerprint density at radius 2 is 2.05 bits per heavy atom. The van der Waals surface area contributed by atoms with Gasteiger partial charge in [0.05, 0.1) is 0 Å². The lowest BCUT2D eigenvalue weighted by atomic mass is 10.2. The van der Waals surface area contributed by atoms with E-state index in [1.165, 1.54) is 11.3 Å². The number of nitrogen functional groups attached to an aromatic ring is 1. The molecule has 0 amide bonds. The molecule has 0 aliphatic rings. The molecule has 8 heteroatoms. The van der Waals surface area contributed by atoms with Gasteiger partial charge in [-0.25, -0.2) is 4.98 Å². The maximum atomic E-state index is 12.6. The summed E-state index contributed by atoms with van der Waals surface area (Å²) < 4.78 is 37.7. The van der Waals surface area contributed by atoms with E-state index in [9.17, 15) is 13.2 Å². The van der Waals surface area contributed by atoms with Crippen molar-refractivity contribution in [3.63, 3.8) is 0 Å². The first-order chi connectivity index (χ1) is 8.86. The Kier molecular flexibility index (Phi) is 3.61. The zero-order valence-electron chi connectivity index (χ0n) is 9.95. The normalized spacial score (nSPS) is 11.6. The number of nitrogens with zero attached hydrogens (tertiary/aromatic N) is 2. The second kappa shape index (κ2) is 5.04. The van der Waals surface area contributed by atoms with Crippen molar-refractivity contribution in [1.82, 2.24) is 9.97 Å². The van der Waals surface area contributed by atoms with Crippen LogP contribution in [0, 0.1) is 6.92 Å². The zero-order chi connectivity index (χ0) is 14.0. The Hall–Kier alpha value is -1.83. The van der Waals surface area contributed by atoms with Gasteiger partial charge in [0, 0.05) is 12.6 Å². The molecule has 0 unspecified atom stereocenters. The van der Waals surface area contributed by atoms with E-state index in [2.05, 4.69) is 15.3 Å². The molecular formula is C11H11F3N4S.